The van der Waals surface area contributed by atoms with E-state index in [1.807, 2.05) is 0 Å². The summed E-state index contributed by atoms with van der Waals surface area (Å²) < 4.78 is 0. The quantitative estimate of drug-likeness (QED) is 0.802. The molecule has 0 radical (unpaired) electrons. The summed E-state index contributed by atoms with van der Waals surface area (Å²) in [7, 11) is 0. The summed E-state index contributed by atoms with van der Waals surface area (Å²) in [5, 5.41) is 3.05. The largest absolute Gasteiger partial charge is 0.397 e. The van der Waals surface area contributed by atoms with E-state index < -0.39 is 0 Å². The molecule has 1 amide bonds. The summed E-state index contributed by atoms with van der Waals surface area (Å²) in [6.07, 6.45) is 3.18. The molecule has 86 valence electrons. The van der Waals surface area contributed by atoms with E-state index in [1.165, 1.54) is 0 Å². The molecular weight excluding hydrogens is 238 g/mol. The van der Waals surface area contributed by atoms with Crippen LogP contribution in [0.15, 0.2) is 42.7 Å². The highest BCUT2D eigenvalue weighted by Crippen LogP contribution is 2.23. The number of para-hydroxylation sites is 1. The van der Waals surface area contributed by atoms with Gasteiger partial charge in [-0.15, -0.1) is 0 Å². The minimum Gasteiger partial charge on any atom is -0.397 e. The van der Waals surface area contributed by atoms with Gasteiger partial charge in [0.25, 0.3) is 5.91 Å². The molecular formula is C12H10ClN3O. The number of aromatic nitrogens is 1. The van der Waals surface area contributed by atoms with Crippen molar-refractivity contribution in [2.75, 3.05) is 11.1 Å². The number of hydrogen-bond acceptors (Lipinski definition) is 3. The Hall–Kier alpha value is -2.07. The van der Waals surface area contributed by atoms with Crippen LogP contribution in [0, 0.1) is 0 Å². The van der Waals surface area contributed by atoms with Crippen LogP contribution in [0.25, 0.3) is 0 Å². The van der Waals surface area contributed by atoms with Crippen LogP contribution in [0.3, 0.4) is 0 Å². The van der Waals surface area contributed by atoms with E-state index in [2.05, 4.69) is 10.3 Å². The molecule has 2 aromatic rings. The van der Waals surface area contributed by atoms with E-state index in [1.54, 1.807) is 42.7 Å². The first-order valence-electron chi connectivity index (χ1n) is 4.94. The van der Waals surface area contributed by atoms with Crippen molar-refractivity contribution in [3.63, 3.8) is 0 Å². The number of halogens is 1. The Morgan fingerprint density at radius 1 is 1.29 bits per heavy atom. The van der Waals surface area contributed by atoms with Crippen molar-refractivity contribution in [2.45, 2.75) is 0 Å². The summed E-state index contributed by atoms with van der Waals surface area (Å²) in [5.41, 5.74) is 6.96. The summed E-state index contributed by atoms with van der Waals surface area (Å²) in [6.45, 7) is 0. The summed E-state index contributed by atoms with van der Waals surface area (Å²) in [6, 6.07) is 8.41. The number of hydrogen-bond donors (Lipinski definition) is 2. The molecule has 0 aliphatic carbocycles. The maximum absolute atomic E-state index is 11.9. The molecule has 1 heterocycles. The summed E-state index contributed by atoms with van der Waals surface area (Å²) in [5.74, 6) is -0.307. The van der Waals surface area contributed by atoms with Crippen LogP contribution in [-0.2, 0) is 0 Å². The SMILES string of the molecule is Nc1c(Cl)cccc1C(=O)Nc1cccnc1. The topological polar surface area (TPSA) is 68.0 Å². The predicted octanol–water partition coefficient (Wildman–Crippen LogP) is 2.57. The van der Waals surface area contributed by atoms with Gasteiger partial charge in [0.1, 0.15) is 0 Å². The van der Waals surface area contributed by atoms with Crippen LogP contribution < -0.4 is 11.1 Å². The van der Waals surface area contributed by atoms with Crippen molar-refractivity contribution >= 4 is 28.9 Å². The van der Waals surface area contributed by atoms with Gasteiger partial charge in [-0.25, -0.2) is 0 Å². The van der Waals surface area contributed by atoms with Gasteiger partial charge in [0.2, 0.25) is 0 Å². The molecule has 0 spiro atoms. The van der Waals surface area contributed by atoms with Gasteiger partial charge in [0.15, 0.2) is 0 Å². The Balaban J connectivity index is 2.24. The maximum Gasteiger partial charge on any atom is 0.257 e. The molecule has 3 N–H and O–H groups in total. The van der Waals surface area contributed by atoms with Crippen LogP contribution in [-0.4, -0.2) is 10.9 Å². The highest BCUT2D eigenvalue weighted by atomic mass is 35.5. The van der Waals surface area contributed by atoms with Crippen LogP contribution in [0.2, 0.25) is 5.02 Å². The van der Waals surface area contributed by atoms with Crippen LogP contribution >= 0.6 is 11.6 Å². The van der Waals surface area contributed by atoms with E-state index in [-0.39, 0.29) is 11.6 Å². The lowest BCUT2D eigenvalue weighted by molar-refractivity contribution is 0.102. The molecule has 1 aromatic heterocycles. The van der Waals surface area contributed by atoms with Crippen LogP contribution in [0.5, 0.6) is 0 Å². The zero-order chi connectivity index (χ0) is 12.3. The standard InChI is InChI=1S/C12H10ClN3O/c13-10-5-1-4-9(11(10)14)12(17)16-8-3-2-6-15-7-8/h1-7H,14H2,(H,16,17). The minimum atomic E-state index is -0.307. The van der Waals surface area contributed by atoms with E-state index in [4.69, 9.17) is 17.3 Å². The zero-order valence-corrected chi connectivity index (χ0v) is 9.61. The van der Waals surface area contributed by atoms with Crippen molar-refractivity contribution < 1.29 is 4.79 Å². The third-order valence-corrected chi connectivity index (χ3v) is 2.55. The number of nitrogens with zero attached hydrogens (tertiary/aromatic N) is 1. The number of rotatable bonds is 2. The van der Waals surface area contributed by atoms with E-state index in [0.29, 0.717) is 16.3 Å². The minimum absolute atomic E-state index is 0.274. The Morgan fingerprint density at radius 3 is 2.82 bits per heavy atom. The molecule has 0 unspecified atom stereocenters. The Morgan fingerprint density at radius 2 is 2.12 bits per heavy atom. The molecule has 0 atom stereocenters. The normalized spacial score (nSPS) is 9.94. The fourth-order valence-electron chi connectivity index (χ4n) is 1.37. The van der Waals surface area contributed by atoms with Gasteiger partial charge in [-0.2, -0.15) is 0 Å². The lowest BCUT2D eigenvalue weighted by Crippen LogP contribution is -2.14. The highest BCUT2D eigenvalue weighted by Gasteiger charge is 2.11. The second-order valence-corrected chi connectivity index (χ2v) is 3.80. The lowest BCUT2D eigenvalue weighted by Gasteiger charge is -2.07. The summed E-state index contributed by atoms with van der Waals surface area (Å²) in [4.78, 5) is 15.8. The second-order valence-electron chi connectivity index (χ2n) is 3.40. The molecule has 0 aliphatic rings. The smallest absolute Gasteiger partial charge is 0.257 e. The molecule has 0 fully saturated rings. The molecule has 0 aliphatic heterocycles. The number of carbonyl (C=O) groups is 1. The molecule has 4 nitrogen and oxygen atoms in total. The molecule has 0 saturated heterocycles. The van der Waals surface area contributed by atoms with Gasteiger partial charge >= 0.3 is 0 Å². The number of nitrogen functional groups attached to an aromatic ring is 1. The Labute approximate surface area is 103 Å². The number of benzene rings is 1. The monoisotopic (exact) mass is 247 g/mol. The first-order chi connectivity index (χ1) is 8.18. The van der Waals surface area contributed by atoms with Gasteiger partial charge in [-0.05, 0) is 24.3 Å². The molecule has 17 heavy (non-hydrogen) atoms. The van der Waals surface area contributed by atoms with Gasteiger partial charge in [0, 0.05) is 6.20 Å². The van der Waals surface area contributed by atoms with E-state index in [0.717, 1.165) is 0 Å². The Kier molecular flexibility index (Phi) is 3.25. The first-order valence-corrected chi connectivity index (χ1v) is 5.31. The average Bonchev–Trinajstić information content (AvgIpc) is 2.34. The number of nitrogens with two attached hydrogens (primary N) is 1. The van der Waals surface area contributed by atoms with Crippen molar-refractivity contribution in [3.05, 3.63) is 53.3 Å². The van der Waals surface area contributed by atoms with E-state index in [9.17, 15) is 4.79 Å². The van der Waals surface area contributed by atoms with E-state index >= 15 is 0 Å². The molecule has 0 bridgehead atoms. The fraction of sp³-hybridized carbons (Fsp3) is 0. The van der Waals surface area contributed by atoms with Crippen LogP contribution in [0.1, 0.15) is 10.4 Å². The van der Waals surface area contributed by atoms with Gasteiger partial charge in [-0.3, -0.25) is 9.78 Å². The number of nitrogens with one attached hydrogen (secondary N) is 1. The van der Waals surface area contributed by atoms with Crippen molar-refractivity contribution in [1.29, 1.82) is 0 Å². The van der Waals surface area contributed by atoms with Gasteiger partial charge < -0.3 is 11.1 Å². The molecule has 2 rings (SSSR count). The van der Waals surface area contributed by atoms with Crippen molar-refractivity contribution in [1.82, 2.24) is 4.98 Å². The fourth-order valence-corrected chi connectivity index (χ4v) is 1.54. The number of amides is 1. The second kappa shape index (κ2) is 4.84. The Bertz CT molecular complexity index is 543. The number of carbonyl (C=O) groups excluding carboxylic acids is 1. The number of anilines is 2. The lowest BCUT2D eigenvalue weighted by atomic mass is 10.1. The van der Waals surface area contributed by atoms with Crippen molar-refractivity contribution in [3.8, 4) is 0 Å². The van der Waals surface area contributed by atoms with Gasteiger partial charge in [-0.1, -0.05) is 17.7 Å². The first kappa shape index (κ1) is 11.4. The third-order valence-electron chi connectivity index (χ3n) is 2.22. The van der Waals surface area contributed by atoms with Crippen LogP contribution in [0.4, 0.5) is 11.4 Å². The van der Waals surface area contributed by atoms with Gasteiger partial charge in [0.05, 0.1) is 28.2 Å². The zero-order valence-electron chi connectivity index (χ0n) is 8.85. The molecule has 1 aromatic carbocycles. The number of pyridine rings is 1. The highest BCUT2D eigenvalue weighted by molar-refractivity contribution is 6.34. The molecule has 0 saturated carbocycles. The summed E-state index contributed by atoms with van der Waals surface area (Å²) >= 11 is 5.84. The molecule has 5 heteroatoms. The predicted molar refractivity (Wildman–Crippen MR) is 68.1 cm³/mol. The average molecular weight is 248 g/mol. The van der Waals surface area contributed by atoms with Crippen molar-refractivity contribution in [2.24, 2.45) is 0 Å². The maximum atomic E-state index is 11.9. The third kappa shape index (κ3) is 2.54.